The second-order valence-electron chi connectivity index (χ2n) is 4.25. The van der Waals surface area contributed by atoms with Crippen LogP contribution in [-0.4, -0.2) is 37.5 Å². The van der Waals surface area contributed by atoms with Gasteiger partial charge in [0.1, 0.15) is 0 Å². The second-order valence-corrected chi connectivity index (χ2v) is 5.06. The van der Waals surface area contributed by atoms with E-state index in [1.807, 2.05) is 30.3 Å². The second kappa shape index (κ2) is 6.98. The number of hydrogen-bond acceptors (Lipinski definition) is 3. The number of benzene rings is 2. The van der Waals surface area contributed by atoms with Crippen LogP contribution in [0.2, 0.25) is 0 Å². The van der Waals surface area contributed by atoms with Crippen molar-refractivity contribution in [2.24, 2.45) is 4.99 Å². The Labute approximate surface area is 126 Å². The van der Waals surface area contributed by atoms with Gasteiger partial charge in [-0.25, -0.2) is 0 Å². The van der Waals surface area contributed by atoms with E-state index in [1.54, 1.807) is 12.1 Å². The summed E-state index contributed by atoms with van der Waals surface area (Å²) in [6.07, 6.45) is 0.690. The topological polar surface area (TPSA) is 64.9 Å². The minimum absolute atomic E-state index is 0.0998. The van der Waals surface area contributed by atoms with E-state index in [0.29, 0.717) is 13.0 Å². The van der Waals surface area contributed by atoms with E-state index in [2.05, 4.69) is 26.3 Å². The Morgan fingerprint density at radius 1 is 1.05 bits per heavy atom. The van der Waals surface area contributed by atoms with Crippen molar-refractivity contribution in [1.82, 2.24) is 0 Å². The molecular formula is C15H15N2O2Se. The Kier molecular flexibility index (Phi) is 5.04. The number of hydrogen-bond donors (Lipinski definition) is 3. The Morgan fingerprint density at radius 3 is 2.50 bits per heavy atom. The van der Waals surface area contributed by atoms with Gasteiger partial charge >= 0.3 is 126 Å². The van der Waals surface area contributed by atoms with E-state index in [9.17, 15) is 10.2 Å². The standard InChI is InChI=1S/C15H15N2O2Se/c18-13-7-6-11(10-14(13)19)8-9-16-15(20)17-12-4-2-1-3-5-12/h1-7,10,18-19H,8-9H2,(H,16,17). The summed E-state index contributed by atoms with van der Waals surface area (Å²) in [6, 6.07) is 14.6. The van der Waals surface area contributed by atoms with Crippen LogP contribution in [0, 0.1) is 0 Å². The Morgan fingerprint density at radius 2 is 1.80 bits per heavy atom. The van der Waals surface area contributed by atoms with Crippen molar-refractivity contribution in [3.63, 3.8) is 0 Å². The van der Waals surface area contributed by atoms with Gasteiger partial charge in [0.25, 0.3) is 0 Å². The molecule has 0 fully saturated rings. The molecule has 4 nitrogen and oxygen atoms in total. The first-order valence-corrected chi connectivity index (χ1v) is 7.05. The van der Waals surface area contributed by atoms with Crippen molar-refractivity contribution >= 4 is 26.4 Å². The number of aromatic hydroxyl groups is 2. The van der Waals surface area contributed by atoms with Gasteiger partial charge in [-0.3, -0.25) is 0 Å². The molecule has 0 aliphatic heterocycles. The summed E-state index contributed by atoms with van der Waals surface area (Å²) in [5, 5.41) is 21.8. The van der Waals surface area contributed by atoms with Crippen molar-refractivity contribution in [3.8, 4) is 11.5 Å². The first kappa shape index (κ1) is 14.4. The Bertz CT molecular complexity index is 600. The number of nitrogens with zero attached hydrogens (tertiary/aromatic N) is 1. The van der Waals surface area contributed by atoms with Crippen LogP contribution in [0.25, 0.3) is 0 Å². The van der Waals surface area contributed by atoms with Gasteiger partial charge in [-0.1, -0.05) is 0 Å². The van der Waals surface area contributed by atoms with Crippen LogP contribution in [-0.2, 0) is 6.42 Å². The third-order valence-corrected chi connectivity index (χ3v) is 3.21. The molecule has 0 bridgehead atoms. The summed E-state index contributed by atoms with van der Waals surface area (Å²) in [6.45, 7) is 0.590. The summed E-state index contributed by atoms with van der Waals surface area (Å²) < 4.78 is 0.721. The van der Waals surface area contributed by atoms with E-state index >= 15 is 0 Å². The summed E-state index contributed by atoms with van der Waals surface area (Å²) in [7, 11) is 0. The molecule has 0 aliphatic carbocycles. The van der Waals surface area contributed by atoms with Crippen LogP contribution < -0.4 is 5.32 Å². The minimum atomic E-state index is -0.104. The molecule has 2 aromatic rings. The summed E-state index contributed by atoms with van der Waals surface area (Å²) in [5.41, 5.74) is 1.91. The molecule has 0 atom stereocenters. The van der Waals surface area contributed by atoms with Crippen molar-refractivity contribution in [2.45, 2.75) is 6.42 Å². The van der Waals surface area contributed by atoms with E-state index in [-0.39, 0.29) is 11.5 Å². The zero-order valence-electron chi connectivity index (χ0n) is 10.8. The number of para-hydroxylation sites is 1. The fourth-order valence-electron chi connectivity index (χ4n) is 1.70. The molecule has 103 valence electrons. The molecule has 20 heavy (non-hydrogen) atoms. The van der Waals surface area contributed by atoms with E-state index in [4.69, 9.17) is 0 Å². The van der Waals surface area contributed by atoms with Crippen molar-refractivity contribution in [1.29, 1.82) is 0 Å². The summed E-state index contributed by atoms with van der Waals surface area (Å²) in [4.78, 5) is 4.37. The average molecular weight is 334 g/mol. The zero-order chi connectivity index (χ0) is 14.4. The fraction of sp³-hybridized carbons (Fsp3) is 0.133. The van der Waals surface area contributed by atoms with E-state index < -0.39 is 0 Å². The van der Waals surface area contributed by atoms with Gasteiger partial charge in [0, 0.05) is 0 Å². The van der Waals surface area contributed by atoms with Gasteiger partial charge in [0.2, 0.25) is 0 Å². The van der Waals surface area contributed by atoms with Crippen molar-refractivity contribution in [2.75, 3.05) is 11.9 Å². The van der Waals surface area contributed by atoms with Gasteiger partial charge in [0.05, 0.1) is 0 Å². The molecule has 0 spiro atoms. The molecular weight excluding hydrogens is 319 g/mol. The maximum atomic E-state index is 9.40. The molecule has 0 aliphatic rings. The van der Waals surface area contributed by atoms with Crippen molar-refractivity contribution in [3.05, 3.63) is 54.1 Å². The van der Waals surface area contributed by atoms with Gasteiger partial charge < -0.3 is 0 Å². The maximum absolute atomic E-state index is 9.40. The van der Waals surface area contributed by atoms with Crippen LogP contribution in [0.4, 0.5) is 5.69 Å². The zero-order valence-corrected chi connectivity index (χ0v) is 12.5. The Balaban J connectivity index is 1.87. The number of phenolic OH excluding ortho intramolecular Hbond substituents is 2. The predicted octanol–water partition coefficient (Wildman–Crippen LogP) is 2.28. The normalized spacial score (nSPS) is 11.3. The molecule has 0 unspecified atom stereocenters. The predicted molar refractivity (Wildman–Crippen MR) is 81.6 cm³/mol. The summed E-state index contributed by atoms with van der Waals surface area (Å²) in [5.74, 6) is -0.204. The van der Waals surface area contributed by atoms with Crippen molar-refractivity contribution < 1.29 is 10.2 Å². The third kappa shape index (κ3) is 4.30. The molecule has 0 heterocycles. The number of amidine groups is 1. The van der Waals surface area contributed by atoms with Gasteiger partial charge in [-0.15, -0.1) is 0 Å². The number of nitrogens with one attached hydrogen (secondary N) is 1. The van der Waals surface area contributed by atoms with Crippen LogP contribution in [0.3, 0.4) is 0 Å². The summed E-state index contributed by atoms with van der Waals surface area (Å²) >= 11 is 2.88. The van der Waals surface area contributed by atoms with Crippen LogP contribution >= 0.6 is 0 Å². The quantitative estimate of drug-likeness (QED) is 0.348. The average Bonchev–Trinajstić information content (AvgIpc) is 2.44. The molecule has 0 amide bonds. The monoisotopic (exact) mass is 335 g/mol. The molecule has 0 saturated carbocycles. The van der Waals surface area contributed by atoms with E-state index in [0.717, 1.165) is 16.0 Å². The molecule has 3 N–H and O–H groups in total. The molecule has 2 aromatic carbocycles. The van der Waals surface area contributed by atoms with Crippen LogP contribution in [0.5, 0.6) is 11.5 Å². The molecule has 1 radical (unpaired) electrons. The number of phenols is 2. The van der Waals surface area contributed by atoms with Gasteiger partial charge in [-0.05, 0) is 0 Å². The van der Waals surface area contributed by atoms with Crippen LogP contribution in [0.15, 0.2) is 53.5 Å². The SMILES string of the molecule is Oc1ccc(CCN=C([Se])Nc2ccccc2)cc1O. The third-order valence-electron chi connectivity index (χ3n) is 2.72. The molecule has 0 aromatic heterocycles. The number of aliphatic imine (C=N–C) groups is 1. The van der Waals surface area contributed by atoms with Crippen LogP contribution in [0.1, 0.15) is 5.56 Å². The molecule has 2 rings (SSSR count). The molecule has 5 heteroatoms. The molecule has 0 saturated heterocycles. The first-order valence-electron chi connectivity index (χ1n) is 6.19. The van der Waals surface area contributed by atoms with Gasteiger partial charge in [-0.2, -0.15) is 0 Å². The first-order chi connectivity index (χ1) is 9.65. The fourth-order valence-corrected chi connectivity index (χ4v) is 2.13. The van der Waals surface area contributed by atoms with E-state index in [1.165, 1.54) is 6.07 Å². The number of rotatable bonds is 4. The van der Waals surface area contributed by atoms with Gasteiger partial charge in [0.15, 0.2) is 0 Å². The number of anilines is 1. The Hall–Kier alpha value is -1.97.